The van der Waals surface area contributed by atoms with Crippen LogP contribution in [-0.2, 0) is 4.74 Å². The lowest BCUT2D eigenvalue weighted by molar-refractivity contribution is -0.212. The number of aliphatic hydroxyl groups is 2. The molecule has 0 spiro atoms. The molecule has 12 heavy (non-hydrogen) atoms. The number of ether oxygens (including phenoxy) is 1. The standard InChI is InChI=1S/C8H17NO3/c1-5-8(11)6(9(2)3)4-7(10)12-5/h5-8,10-11H,4H2,1-3H3/t5-,6-,7?,8+/m1/s1. The molecule has 0 aliphatic carbocycles. The second-order valence-corrected chi connectivity index (χ2v) is 3.55. The molecule has 2 N–H and O–H groups in total. The van der Waals surface area contributed by atoms with Crippen molar-refractivity contribution < 1.29 is 14.9 Å². The van der Waals surface area contributed by atoms with Crippen LogP contribution in [0.2, 0.25) is 0 Å². The Hall–Kier alpha value is -0.160. The molecular weight excluding hydrogens is 158 g/mol. The fraction of sp³-hybridized carbons (Fsp3) is 1.00. The number of aliphatic hydroxyl groups excluding tert-OH is 2. The van der Waals surface area contributed by atoms with Gasteiger partial charge < -0.3 is 19.8 Å². The van der Waals surface area contributed by atoms with Gasteiger partial charge in [0.25, 0.3) is 0 Å². The lowest BCUT2D eigenvalue weighted by Gasteiger charge is -2.39. The van der Waals surface area contributed by atoms with E-state index in [9.17, 15) is 10.2 Å². The maximum absolute atomic E-state index is 9.65. The minimum Gasteiger partial charge on any atom is -0.389 e. The Morgan fingerprint density at radius 2 is 1.92 bits per heavy atom. The molecule has 0 aromatic carbocycles. The lowest BCUT2D eigenvalue weighted by Crippen LogP contribution is -2.52. The van der Waals surface area contributed by atoms with Gasteiger partial charge in [-0.05, 0) is 21.0 Å². The molecule has 4 heteroatoms. The quantitative estimate of drug-likeness (QED) is 0.559. The summed E-state index contributed by atoms with van der Waals surface area (Å²) >= 11 is 0. The SMILES string of the molecule is C[C@H]1OC(O)C[C@@H](N(C)C)[C@H]1O. The Morgan fingerprint density at radius 3 is 2.42 bits per heavy atom. The summed E-state index contributed by atoms with van der Waals surface area (Å²) in [5.74, 6) is 0. The van der Waals surface area contributed by atoms with Crippen molar-refractivity contribution in [3.8, 4) is 0 Å². The highest BCUT2D eigenvalue weighted by atomic mass is 16.6. The van der Waals surface area contributed by atoms with Gasteiger partial charge in [0.05, 0.1) is 12.2 Å². The van der Waals surface area contributed by atoms with Crippen LogP contribution in [0, 0.1) is 0 Å². The van der Waals surface area contributed by atoms with E-state index in [2.05, 4.69) is 0 Å². The molecule has 0 radical (unpaired) electrons. The molecule has 1 aliphatic heterocycles. The van der Waals surface area contributed by atoms with Crippen molar-refractivity contribution >= 4 is 0 Å². The molecule has 1 aliphatic rings. The summed E-state index contributed by atoms with van der Waals surface area (Å²) in [5, 5.41) is 18.9. The molecule has 0 aromatic rings. The van der Waals surface area contributed by atoms with Gasteiger partial charge in [-0.25, -0.2) is 0 Å². The van der Waals surface area contributed by atoms with E-state index < -0.39 is 12.4 Å². The van der Waals surface area contributed by atoms with Gasteiger partial charge in [-0.2, -0.15) is 0 Å². The molecule has 1 unspecified atom stereocenters. The topological polar surface area (TPSA) is 52.9 Å². The van der Waals surface area contributed by atoms with Crippen molar-refractivity contribution in [2.24, 2.45) is 0 Å². The predicted molar refractivity (Wildman–Crippen MR) is 44.7 cm³/mol. The molecule has 4 atom stereocenters. The Bertz CT molecular complexity index is 151. The van der Waals surface area contributed by atoms with Crippen LogP contribution in [0.25, 0.3) is 0 Å². The zero-order valence-electron chi connectivity index (χ0n) is 7.77. The Kier molecular flexibility index (Phi) is 3.06. The lowest BCUT2D eigenvalue weighted by atomic mass is 9.99. The van der Waals surface area contributed by atoms with Crippen LogP contribution >= 0.6 is 0 Å². The van der Waals surface area contributed by atoms with E-state index in [-0.39, 0.29) is 12.1 Å². The van der Waals surface area contributed by atoms with E-state index in [1.54, 1.807) is 6.92 Å². The number of hydrogen-bond donors (Lipinski definition) is 2. The third-order valence-electron chi connectivity index (χ3n) is 2.35. The molecular formula is C8H17NO3. The first-order chi connectivity index (χ1) is 5.52. The zero-order chi connectivity index (χ0) is 9.30. The largest absolute Gasteiger partial charge is 0.389 e. The average molecular weight is 175 g/mol. The molecule has 0 amide bonds. The van der Waals surface area contributed by atoms with Gasteiger partial charge in [0.1, 0.15) is 0 Å². The van der Waals surface area contributed by atoms with Gasteiger partial charge >= 0.3 is 0 Å². The molecule has 1 fully saturated rings. The van der Waals surface area contributed by atoms with Crippen LogP contribution in [0.3, 0.4) is 0 Å². The fourth-order valence-electron chi connectivity index (χ4n) is 1.56. The number of nitrogens with zero attached hydrogens (tertiary/aromatic N) is 1. The van der Waals surface area contributed by atoms with Crippen molar-refractivity contribution in [3.05, 3.63) is 0 Å². The van der Waals surface area contributed by atoms with Crippen molar-refractivity contribution in [2.45, 2.75) is 37.9 Å². The zero-order valence-corrected chi connectivity index (χ0v) is 7.77. The smallest absolute Gasteiger partial charge is 0.156 e. The van der Waals surface area contributed by atoms with E-state index in [4.69, 9.17) is 4.74 Å². The Balaban J connectivity index is 2.60. The third kappa shape index (κ3) is 1.95. The second-order valence-electron chi connectivity index (χ2n) is 3.55. The van der Waals surface area contributed by atoms with E-state index in [0.717, 1.165) is 0 Å². The summed E-state index contributed by atoms with van der Waals surface area (Å²) in [5.41, 5.74) is 0. The number of hydrogen-bond acceptors (Lipinski definition) is 4. The van der Waals surface area contributed by atoms with Crippen LogP contribution in [0.4, 0.5) is 0 Å². The van der Waals surface area contributed by atoms with Gasteiger partial charge in [0.15, 0.2) is 6.29 Å². The van der Waals surface area contributed by atoms with Gasteiger partial charge in [0.2, 0.25) is 0 Å². The van der Waals surface area contributed by atoms with Crippen molar-refractivity contribution in [2.75, 3.05) is 14.1 Å². The molecule has 1 saturated heterocycles. The van der Waals surface area contributed by atoms with Crippen LogP contribution in [0.1, 0.15) is 13.3 Å². The van der Waals surface area contributed by atoms with Gasteiger partial charge in [-0.1, -0.05) is 0 Å². The molecule has 4 nitrogen and oxygen atoms in total. The Labute approximate surface area is 72.7 Å². The Morgan fingerprint density at radius 1 is 1.33 bits per heavy atom. The molecule has 0 aromatic heterocycles. The van der Waals surface area contributed by atoms with Crippen molar-refractivity contribution in [1.82, 2.24) is 4.90 Å². The van der Waals surface area contributed by atoms with Crippen molar-refractivity contribution in [1.29, 1.82) is 0 Å². The summed E-state index contributed by atoms with van der Waals surface area (Å²) in [6.07, 6.45) is -1.07. The van der Waals surface area contributed by atoms with Crippen LogP contribution < -0.4 is 0 Å². The highest BCUT2D eigenvalue weighted by Crippen LogP contribution is 2.21. The first-order valence-electron chi connectivity index (χ1n) is 4.20. The molecule has 1 heterocycles. The van der Waals surface area contributed by atoms with Crippen molar-refractivity contribution in [3.63, 3.8) is 0 Å². The molecule has 0 bridgehead atoms. The minimum atomic E-state index is -0.740. The normalized spacial score (nSPS) is 43.5. The molecule has 1 rings (SSSR count). The summed E-state index contributed by atoms with van der Waals surface area (Å²) in [4.78, 5) is 1.91. The first kappa shape index (κ1) is 9.92. The first-order valence-corrected chi connectivity index (χ1v) is 4.20. The average Bonchev–Trinajstić information content (AvgIpc) is 1.96. The number of rotatable bonds is 1. The fourth-order valence-corrected chi connectivity index (χ4v) is 1.56. The summed E-state index contributed by atoms with van der Waals surface area (Å²) in [7, 11) is 3.78. The minimum absolute atomic E-state index is 0.0104. The number of likely N-dealkylation sites (N-methyl/N-ethyl adjacent to an activating group) is 1. The van der Waals surface area contributed by atoms with E-state index >= 15 is 0 Å². The summed E-state index contributed by atoms with van der Waals surface area (Å²) in [6, 6.07) is -0.0104. The second kappa shape index (κ2) is 3.70. The van der Waals surface area contributed by atoms with E-state index in [1.165, 1.54) is 0 Å². The highest BCUT2D eigenvalue weighted by molar-refractivity contribution is 4.85. The van der Waals surface area contributed by atoms with E-state index in [0.29, 0.717) is 6.42 Å². The maximum atomic E-state index is 9.65. The van der Waals surface area contributed by atoms with Crippen LogP contribution in [0.5, 0.6) is 0 Å². The van der Waals surface area contributed by atoms with Gasteiger partial charge in [-0.3, -0.25) is 0 Å². The summed E-state index contributed by atoms with van der Waals surface area (Å²) < 4.78 is 5.06. The van der Waals surface area contributed by atoms with Crippen LogP contribution in [-0.4, -0.2) is 53.7 Å². The van der Waals surface area contributed by atoms with Gasteiger partial charge in [-0.15, -0.1) is 0 Å². The third-order valence-corrected chi connectivity index (χ3v) is 2.35. The molecule has 72 valence electrons. The molecule has 0 saturated carbocycles. The van der Waals surface area contributed by atoms with Crippen LogP contribution in [0.15, 0.2) is 0 Å². The van der Waals surface area contributed by atoms with Gasteiger partial charge in [0, 0.05) is 12.5 Å². The maximum Gasteiger partial charge on any atom is 0.156 e. The summed E-state index contributed by atoms with van der Waals surface area (Å²) in [6.45, 7) is 1.77. The monoisotopic (exact) mass is 175 g/mol. The van der Waals surface area contributed by atoms with E-state index in [1.807, 2.05) is 19.0 Å². The predicted octanol–water partition coefficient (Wildman–Crippen LogP) is -0.595. The highest BCUT2D eigenvalue weighted by Gasteiger charge is 2.35.